The Hall–Kier alpha value is -0.480. The lowest BCUT2D eigenvalue weighted by atomic mass is 9.98. The number of hydrogen-bond donors (Lipinski definition) is 1. The van der Waals surface area contributed by atoms with E-state index in [4.69, 9.17) is 6.42 Å². The lowest BCUT2D eigenvalue weighted by molar-refractivity contribution is 0.382. The summed E-state index contributed by atoms with van der Waals surface area (Å²) in [4.78, 5) is 0. The Morgan fingerprint density at radius 1 is 1.20 bits per heavy atom. The van der Waals surface area contributed by atoms with Crippen molar-refractivity contribution in [2.75, 3.05) is 6.54 Å². The number of hydrogen-bond acceptors (Lipinski definition) is 1. The predicted molar refractivity (Wildman–Crippen MR) is 68.8 cm³/mol. The summed E-state index contributed by atoms with van der Waals surface area (Å²) in [5.74, 6) is 3.52. The minimum atomic E-state index is 0.700. The van der Waals surface area contributed by atoms with Crippen LogP contribution in [0.25, 0.3) is 0 Å². The van der Waals surface area contributed by atoms with E-state index in [9.17, 15) is 0 Å². The molecule has 2 atom stereocenters. The van der Waals surface area contributed by atoms with E-state index >= 15 is 0 Å². The molecule has 1 N–H and O–H groups in total. The van der Waals surface area contributed by atoms with E-state index in [-0.39, 0.29) is 0 Å². The highest BCUT2D eigenvalue weighted by Gasteiger charge is 2.08. The fourth-order valence-electron chi connectivity index (χ4n) is 1.70. The molecular weight excluding hydrogens is 182 g/mol. The van der Waals surface area contributed by atoms with Crippen molar-refractivity contribution in [3.8, 4) is 12.3 Å². The van der Waals surface area contributed by atoms with Gasteiger partial charge in [-0.15, -0.1) is 12.3 Å². The largest absolute Gasteiger partial charge is 0.314 e. The van der Waals surface area contributed by atoms with Crippen molar-refractivity contribution in [3.05, 3.63) is 0 Å². The van der Waals surface area contributed by atoms with Crippen LogP contribution in [0.15, 0.2) is 0 Å². The maximum absolute atomic E-state index is 5.21. The zero-order chi connectivity index (χ0) is 11.5. The van der Waals surface area contributed by atoms with Crippen molar-refractivity contribution in [1.29, 1.82) is 0 Å². The maximum atomic E-state index is 5.21. The third-order valence-electron chi connectivity index (χ3n) is 3.06. The third kappa shape index (κ3) is 8.51. The molecule has 0 aromatic heterocycles. The second kappa shape index (κ2) is 10.1. The second-order valence-electron chi connectivity index (χ2n) is 4.47. The molecule has 88 valence electrons. The first-order chi connectivity index (χ1) is 7.24. The van der Waals surface area contributed by atoms with Gasteiger partial charge in [-0.3, -0.25) is 0 Å². The van der Waals surface area contributed by atoms with Crippen LogP contribution in [0.1, 0.15) is 59.3 Å². The molecule has 1 nitrogen and oxygen atoms in total. The average molecular weight is 209 g/mol. The van der Waals surface area contributed by atoms with Gasteiger partial charge >= 0.3 is 0 Å². The molecule has 0 aromatic carbocycles. The minimum absolute atomic E-state index is 0.700. The number of rotatable bonds is 9. The van der Waals surface area contributed by atoms with Crippen LogP contribution >= 0.6 is 0 Å². The molecule has 0 aliphatic heterocycles. The molecule has 0 aromatic rings. The molecular formula is C14H27N. The summed E-state index contributed by atoms with van der Waals surface area (Å²) < 4.78 is 0. The van der Waals surface area contributed by atoms with Gasteiger partial charge in [0, 0.05) is 12.5 Å². The summed E-state index contributed by atoms with van der Waals surface area (Å²) >= 11 is 0. The monoisotopic (exact) mass is 209 g/mol. The fourth-order valence-corrected chi connectivity index (χ4v) is 1.70. The molecule has 0 radical (unpaired) electrons. The van der Waals surface area contributed by atoms with E-state index in [0.717, 1.165) is 25.3 Å². The predicted octanol–water partition coefficient (Wildman–Crippen LogP) is 3.59. The summed E-state index contributed by atoms with van der Waals surface area (Å²) in [5.41, 5.74) is 0. The molecule has 0 bridgehead atoms. The van der Waals surface area contributed by atoms with Crippen LogP contribution in [-0.4, -0.2) is 12.6 Å². The third-order valence-corrected chi connectivity index (χ3v) is 3.06. The summed E-state index contributed by atoms with van der Waals surface area (Å²) in [7, 11) is 0. The van der Waals surface area contributed by atoms with Gasteiger partial charge in [0.2, 0.25) is 0 Å². The van der Waals surface area contributed by atoms with Crippen LogP contribution in [0.4, 0.5) is 0 Å². The summed E-state index contributed by atoms with van der Waals surface area (Å²) in [6.07, 6.45) is 12.3. The Balaban J connectivity index is 3.49. The standard InChI is InChI=1S/C14H27N/c1-5-8-9-10-11-15-14(7-3)12-13(4)6-2/h1,13-15H,6-12H2,2-4H3. The molecule has 0 amide bonds. The summed E-state index contributed by atoms with van der Waals surface area (Å²) in [5, 5.41) is 3.62. The van der Waals surface area contributed by atoms with Crippen LogP contribution in [0, 0.1) is 18.3 Å². The van der Waals surface area contributed by atoms with E-state index in [1.54, 1.807) is 0 Å². The lowest BCUT2D eigenvalue weighted by Crippen LogP contribution is -2.30. The molecule has 0 aliphatic carbocycles. The first kappa shape index (κ1) is 14.5. The molecule has 0 saturated carbocycles. The average Bonchev–Trinajstić information content (AvgIpc) is 2.26. The van der Waals surface area contributed by atoms with E-state index in [1.165, 1.54) is 25.7 Å². The lowest BCUT2D eigenvalue weighted by Gasteiger charge is -2.20. The molecule has 0 fully saturated rings. The van der Waals surface area contributed by atoms with E-state index < -0.39 is 0 Å². The van der Waals surface area contributed by atoms with E-state index in [2.05, 4.69) is 32.0 Å². The van der Waals surface area contributed by atoms with E-state index in [0.29, 0.717) is 6.04 Å². The number of unbranched alkanes of at least 4 members (excludes halogenated alkanes) is 2. The van der Waals surface area contributed by atoms with Crippen molar-refractivity contribution in [2.24, 2.45) is 5.92 Å². The van der Waals surface area contributed by atoms with E-state index in [1.807, 2.05) is 0 Å². The summed E-state index contributed by atoms with van der Waals surface area (Å²) in [6, 6.07) is 0.700. The Kier molecular flexibility index (Phi) is 9.73. The highest BCUT2D eigenvalue weighted by Crippen LogP contribution is 2.11. The van der Waals surface area contributed by atoms with Gasteiger partial charge in [-0.05, 0) is 38.1 Å². The second-order valence-corrected chi connectivity index (χ2v) is 4.47. The molecule has 15 heavy (non-hydrogen) atoms. The first-order valence-electron chi connectivity index (χ1n) is 6.41. The highest BCUT2D eigenvalue weighted by molar-refractivity contribution is 4.83. The van der Waals surface area contributed by atoms with Crippen LogP contribution in [0.3, 0.4) is 0 Å². The van der Waals surface area contributed by atoms with Gasteiger partial charge in [-0.25, -0.2) is 0 Å². The molecule has 0 rings (SSSR count). The SMILES string of the molecule is C#CCCCCNC(CC)CC(C)CC. The molecule has 1 heteroatoms. The molecule has 2 unspecified atom stereocenters. The molecule has 0 heterocycles. The van der Waals surface area contributed by atoms with Gasteiger partial charge in [0.25, 0.3) is 0 Å². The van der Waals surface area contributed by atoms with Crippen LogP contribution in [0.5, 0.6) is 0 Å². The topological polar surface area (TPSA) is 12.0 Å². The Bertz CT molecular complexity index is 169. The smallest absolute Gasteiger partial charge is 0.00865 e. The maximum Gasteiger partial charge on any atom is 0.00865 e. The number of terminal acetylenes is 1. The van der Waals surface area contributed by atoms with Gasteiger partial charge < -0.3 is 5.32 Å². The van der Waals surface area contributed by atoms with Crippen molar-refractivity contribution < 1.29 is 0 Å². The first-order valence-corrected chi connectivity index (χ1v) is 6.41. The molecule has 0 spiro atoms. The van der Waals surface area contributed by atoms with Crippen molar-refractivity contribution in [1.82, 2.24) is 5.32 Å². The Labute approximate surface area is 96.0 Å². The fraction of sp³-hybridized carbons (Fsp3) is 0.857. The Morgan fingerprint density at radius 3 is 2.47 bits per heavy atom. The van der Waals surface area contributed by atoms with Gasteiger partial charge in [0.15, 0.2) is 0 Å². The normalized spacial score (nSPS) is 14.5. The van der Waals surface area contributed by atoms with Crippen molar-refractivity contribution in [3.63, 3.8) is 0 Å². The van der Waals surface area contributed by atoms with Crippen molar-refractivity contribution >= 4 is 0 Å². The van der Waals surface area contributed by atoms with Gasteiger partial charge in [-0.1, -0.05) is 27.2 Å². The van der Waals surface area contributed by atoms with Gasteiger partial charge in [0.1, 0.15) is 0 Å². The van der Waals surface area contributed by atoms with Crippen LogP contribution in [-0.2, 0) is 0 Å². The highest BCUT2D eigenvalue weighted by atomic mass is 14.9. The van der Waals surface area contributed by atoms with Crippen LogP contribution < -0.4 is 5.32 Å². The number of nitrogens with one attached hydrogen (secondary N) is 1. The quantitative estimate of drug-likeness (QED) is 0.452. The van der Waals surface area contributed by atoms with Crippen molar-refractivity contribution in [2.45, 2.75) is 65.3 Å². The Morgan fingerprint density at radius 2 is 1.93 bits per heavy atom. The zero-order valence-electron chi connectivity index (χ0n) is 10.7. The molecule has 0 saturated heterocycles. The minimum Gasteiger partial charge on any atom is -0.314 e. The summed E-state index contributed by atoms with van der Waals surface area (Å²) in [6.45, 7) is 7.99. The van der Waals surface area contributed by atoms with Crippen LogP contribution in [0.2, 0.25) is 0 Å². The molecule has 0 aliphatic rings. The zero-order valence-corrected chi connectivity index (χ0v) is 10.7. The van der Waals surface area contributed by atoms with Gasteiger partial charge in [-0.2, -0.15) is 0 Å². The van der Waals surface area contributed by atoms with Gasteiger partial charge in [0.05, 0.1) is 0 Å².